The highest BCUT2D eigenvalue weighted by atomic mass is 16.5. The van der Waals surface area contributed by atoms with Gasteiger partial charge in [0.05, 0.1) is 6.26 Å². The fourth-order valence-corrected chi connectivity index (χ4v) is 2.24. The van der Waals surface area contributed by atoms with E-state index in [1.165, 1.54) is 12.3 Å². The Bertz CT molecular complexity index is 970. The highest BCUT2D eigenvalue weighted by Crippen LogP contribution is 2.22. The van der Waals surface area contributed by atoms with E-state index in [4.69, 9.17) is 18.2 Å². The molecule has 4 rings (SSSR count). The van der Waals surface area contributed by atoms with E-state index in [0.29, 0.717) is 23.0 Å². The first kappa shape index (κ1) is 14.9. The van der Waals surface area contributed by atoms with Crippen LogP contribution in [0, 0.1) is 0 Å². The number of ether oxygens (including phenoxy) is 1. The van der Waals surface area contributed by atoms with E-state index in [0.717, 1.165) is 5.56 Å². The Kier molecular flexibility index (Phi) is 3.88. The molecule has 3 heterocycles. The molecule has 0 saturated heterocycles. The highest BCUT2D eigenvalue weighted by Gasteiger charge is 2.17. The third kappa shape index (κ3) is 3.20. The standard InChI is InChI=1S/C18H12N2O5/c21-18(14-10-17(25-20-14)15-7-4-8-22-15)23-11-13-9-16(24-19-13)12-5-2-1-3-6-12/h1-10H,11H2. The Morgan fingerprint density at radius 2 is 1.76 bits per heavy atom. The lowest BCUT2D eigenvalue weighted by molar-refractivity contribution is 0.0452. The highest BCUT2D eigenvalue weighted by molar-refractivity contribution is 5.88. The molecule has 0 amide bonds. The second kappa shape index (κ2) is 6.48. The number of carbonyl (C=O) groups excluding carboxylic acids is 1. The molecule has 0 atom stereocenters. The SMILES string of the molecule is O=C(OCc1cc(-c2ccccc2)on1)c1cc(-c2ccco2)on1. The summed E-state index contributed by atoms with van der Waals surface area (Å²) in [6.45, 7) is -0.0297. The molecule has 0 unspecified atom stereocenters. The Hall–Kier alpha value is -3.61. The second-order valence-electron chi connectivity index (χ2n) is 5.18. The van der Waals surface area contributed by atoms with Gasteiger partial charge in [0.25, 0.3) is 0 Å². The average Bonchev–Trinajstić information content (AvgIpc) is 3.41. The molecule has 3 aromatic heterocycles. The van der Waals surface area contributed by atoms with Gasteiger partial charge in [-0.25, -0.2) is 4.79 Å². The van der Waals surface area contributed by atoms with Crippen molar-refractivity contribution < 1.29 is 23.0 Å². The molecule has 0 aliphatic rings. The zero-order valence-corrected chi connectivity index (χ0v) is 12.9. The summed E-state index contributed by atoms with van der Waals surface area (Å²) in [5, 5.41) is 7.58. The van der Waals surface area contributed by atoms with Gasteiger partial charge in [-0.1, -0.05) is 40.6 Å². The Labute approximate surface area is 141 Å². The minimum atomic E-state index is -0.620. The molecule has 0 fully saturated rings. The molecule has 4 aromatic rings. The van der Waals surface area contributed by atoms with E-state index < -0.39 is 5.97 Å². The third-order valence-corrected chi connectivity index (χ3v) is 3.45. The lowest BCUT2D eigenvalue weighted by Gasteiger charge is -1.97. The number of nitrogens with zero attached hydrogens (tertiary/aromatic N) is 2. The van der Waals surface area contributed by atoms with Gasteiger partial charge >= 0.3 is 5.97 Å². The first-order chi connectivity index (χ1) is 12.3. The van der Waals surface area contributed by atoms with Crippen LogP contribution >= 0.6 is 0 Å². The predicted octanol–water partition coefficient (Wildman–Crippen LogP) is 3.95. The smallest absolute Gasteiger partial charge is 0.360 e. The van der Waals surface area contributed by atoms with Gasteiger partial charge in [-0.15, -0.1) is 0 Å². The molecule has 0 saturated carbocycles. The monoisotopic (exact) mass is 336 g/mol. The van der Waals surface area contributed by atoms with Crippen molar-refractivity contribution in [3.05, 3.63) is 72.2 Å². The topological polar surface area (TPSA) is 91.5 Å². The minimum Gasteiger partial charge on any atom is -0.461 e. The van der Waals surface area contributed by atoms with Gasteiger partial charge in [0, 0.05) is 17.7 Å². The van der Waals surface area contributed by atoms with Crippen molar-refractivity contribution in [2.75, 3.05) is 0 Å². The number of rotatable bonds is 5. The Morgan fingerprint density at radius 3 is 2.56 bits per heavy atom. The quantitative estimate of drug-likeness (QED) is 0.510. The van der Waals surface area contributed by atoms with Gasteiger partial charge < -0.3 is 18.2 Å². The third-order valence-electron chi connectivity index (χ3n) is 3.45. The van der Waals surface area contributed by atoms with E-state index in [1.54, 1.807) is 18.2 Å². The van der Waals surface area contributed by atoms with Crippen LogP contribution in [0.5, 0.6) is 0 Å². The van der Waals surface area contributed by atoms with Crippen molar-refractivity contribution in [2.45, 2.75) is 6.61 Å². The van der Waals surface area contributed by atoms with Crippen LogP contribution in [0.4, 0.5) is 0 Å². The molecule has 0 bridgehead atoms. The molecule has 7 nitrogen and oxygen atoms in total. The van der Waals surface area contributed by atoms with E-state index >= 15 is 0 Å². The number of hydrogen-bond donors (Lipinski definition) is 0. The van der Waals surface area contributed by atoms with Gasteiger partial charge in [-0.3, -0.25) is 0 Å². The van der Waals surface area contributed by atoms with Crippen LogP contribution in [0.2, 0.25) is 0 Å². The lowest BCUT2D eigenvalue weighted by atomic mass is 10.2. The molecule has 124 valence electrons. The molecule has 7 heteroatoms. The van der Waals surface area contributed by atoms with Gasteiger partial charge in [0.15, 0.2) is 17.2 Å². The molecule has 0 aliphatic carbocycles. The zero-order chi connectivity index (χ0) is 17.1. The molecule has 0 aliphatic heterocycles. The summed E-state index contributed by atoms with van der Waals surface area (Å²) in [5.74, 6) is 0.819. The molecule has 25 heavy (non-hydrogen) atoms. The molecule has 0 N–H and O–H groups in total. The summed E-state index contributed by atoms with van der Waals surface area (Å²) in [6, 6.07) is 16.1. The van der Waals surface area contributed by atoms with Crippen molar-refractivity contribution >= 4 is 5.97 Å². The summed E-state index contributed by atoms with van der Waals surface area (Å²) >= 11 is 0. The van der Waals surface area contributed by atoms with Crippen molar-refractivity contribution in [3.8, 4) is 22.8 Å². The van der Waals surface area contributed by atoms with Gasteiger partial charge in [-0.2, -0.15) is 0 Å². The van der Waals surface area contributed by atoms with E-state index in [9.17, 15) is 4.79 Å². The van der Waals surface area contributed by atoms with E-state index in [1.807, 2.05) is 30.3 Å². The van der Waals surface area contributed by atoms with Crippen molar-refractivity contribution in [2.24, 2.45) is 0 Å². The predicted molar refractivity (Wildman–Crippen MR) is 85.3 cm³/mol. The summed E-state index contributed by atoms with van der Waals surface area (Å²) in [6.07, 6.45) is 1.50. The number of furan rings is 1. The number of carbonyl (C=O) groups is 1. The Balaban J connectivity index is 1.40. The maximum atomic E-state index is 12.0. The fraction of sp³-hybridized carbons (Fsp3) is 0.0556. The van der Waals surface area contributed by atoms with Crippen LogP contribution in [0.1, 0.15) is 16.2 Å². The first-order valence-electron chi connectivity index (χ1n) is 7.48. The number of esters is 1. The van der Waals surface area contributed by atoms with Crippen molar-refractivity contribution in [1.29, 1.82) is 0 Å². The normalized spacial score (nSPS) is 10.7. The minimum absolute atomic E-state index is 0.0297. The van der Waals surface area contributed by atoms with Crippen LogP contribution < -0.4 is 0 Å². The van der Waals surface area contributed by atoms with Crippen LogP contribution in [-0.2, 0) is 11.3 Å². The Morgan fingerprint density at radius 1 is 0.920 bits per heavy atom. The maximum absolute atomic E-state index is 12.0. The van der Waals surface area contributed by atoms with Gasteiger partial charge in [0.1, 0.15) is 12.3 Å². The van der Waals surface area contributed by atoms with Crippen LogP contribution in [0.15, 0.2) is 74.3 Å². The van der Waals surface area contributed by atoms with Gasteiger partial charge in [0.2, 0.25) is 5.76 Å². The fourth-order valence-electron chi connectivity index (χ4n) is 2.24. The van der Waals surface area contributed by atoms with Gasteiger partial charge in [-0.05, 0) is 12.1 Å². The lowest BCUT2D eigenvalue weighted by Crippen LogP contribution is -2.05. The molecular formula is C18H12N2O5. The summed E-state index contributed by atoms with van der Waals surface area (Å²) in [7, 11) is 0. The first-order valence-corrected chi connectivity index (χ1v) is 7.48. The largest absolute Gasteiger partial charge is 0.461 e. The van der Waals surface area contributed by atoms with Crippen molar-refractivity contribution in [3.63, 3.8) is 0 Å². The van der Waals surface area contributed by atoms with E-state index in [-0.39, 0.29) is 12.3 Å². The number of aromatic nitrogens is 2. The number of benzene rings is 1. The molecule has 0 radical (unpaired) electrons. The second-order valence-corrected chi connectivity index (χ2v) is 5.18. The molecule has 0 spiro atoms. The molecule has 1 aromatic carbocycles. The summed E-state index contributed by atoms with van der Waals surface area (Å²) in [4.78, 5) is 12.0. The van der Waals surface area contributed by atoms with E-state index in [2.05, 4.69) is 10.3 Å². The average molecular weight is 336 g/mol. The summed E-state index contributed by atoms with van der Waals surface area (Å²) < 4.78 is 20.7. The maximum Gasteiger partial charge on any atom is 0.360 e. The van der Waals surface area contributed by atoms with Crippen LogP contribution in [-0.4, -0.2) is 16.3 Å². The molecular weight excluding hydrogens is 324 g/mol. The van der Waals surface area contributed by atoms with Crippen molar-refractivity contribution in [1.82, 2.24) is 10.3 Å². The number of hydrogen-bond acceptors (Lipinski definition) is 7. The summed E-state index contributed by atoms with van der Waals surface area (Å²) in [5.41, 5.74) is 1.45. The van der Waals surface area contributed by atoms with Crippen LogP contribution in [0.25, 0.3) is 22.8 Å². The zero-order valence-electron chi connectivity index (χ0n) is 12.9. The van der Waals surface area contributed by atoms with Crippen LogP contribution in [0.3, 0.4) is 0 Å².